The van der Waals surface area contributed by atoms with Gasteiger partial charge in [-0.25, -0.2) is 0 Å². The number of benzene rings is 3. The van der Waals surface area contributed by atoms with Crippen molar-refractivity contribution in [2.45, 2.75) is 12.5 Å². The molecule has 3 aromatic carbocycles. The Labute approximate surface area is 159 Å². The molecule has 0 saturated heterocycles. The van der Waals surface area contributed by atoms with Crippen LogP contribution in [0, 0.1) is 0 Å². The molecule has 1 amide bonds. The van der Waals surface area contributed by atoms with Crippen LogP contribution in [0.3, 0.4) is 0 Å². The molecule has 1 unspecified atom stereocenters. The van der Waals surface area contributed by atoms with E-state index in [1.54, 1.807) is 7.11 Å². The molecule has 0 bridgehead atoms. The molecular formula is C23H22N2O2. The summed E-state index contributed by atoms with van der Waals surface area (Å²) in [6, 6.07) is 25.2. The second kappa shape index (κ2) is 7.54. The van der Waals surface area contributed by atoms with E-state index < -0.39 is 6.04 Å². The van der Waals surface area contributed by atoms with Crippen molar-refractivity contribution in [2.75, 3.05) is 23.9 Å². The third-order valence-electron chi connectivity index (χ3n) is 4.91. The maximum absolute atomic E-state index is 13.5. The van der Waals surface area contributed by atoms with Crippen molar-refractivity contribution in [3.05, 3.63) is 90.0 Å². The molecule has 0 spiro atoms. The predicted molar refractivity (Wildman–Crippen MR) is 108 cm³/mol. The van der Waals surface area contributed by atoms with E-state index in [4.69, 9.17) is 4.74 Å². The van der Waals surface area contributed by atoms with Crippen molar-refractivity contribution >= 4 is 17.3 Å². The van der Waals surface area contributed by atoms with E-state index in [0.717, 1.165) is 29.1 Å². The highest BCUT2D eigenvalue weighted by molar-refractivity contribution is 6.01. The van der Waals surface area contributed by atoms with Crippen molar-refractivity contribution in [3.63, 3.8) is 0 Å². The number of carbonyl (C=O) groups is 1. The fourth-order valence-electron chi connectivity index (χ4n) is 3.54. The molecule has 0 fully saturated rings. The van der Waals surface area contributed by atoms with Crippen molar-refractivity contribution in [2.24, 2.45) is 0 Å². The van der Waals surface area contributed by atoms with Gasteiger partial charge in [-0.05, 0) is 35.7 Å². The van der Waals surface area contributed by atoms with Gasteiger partial charge < -0.3 is 15.0 Å². The van der Waals surface area contributed by atoms with Gasteiger partial charge in [0.2, 0.25) is 0 Å². The number of amides is 1. The first kappa shape index (κ1) is 17.2. The van der Waals surface area contributed by atoms with Gasteiger partial charge in [0.25, 0.3) is 5.91 Å². The monoisotopic (exact) mass is 358 g/mol. The summed E-state index contributed by atoms with van der Waals surface area (Å²) < 4.78 is 5.31. The number of anilines is 2. The third-order valence-corrected chi connectivity index (χ3v) is 4.91. The average molecular weight is 358 g/mol. The summed E-state index contributed by atoms with van der Waals surface area (Å²) in [6.45, 7) is 0.710. The Balaban J connectivity index is 1.67. The molecule has 4 nitrogen and oxygen atoms in total. The lowest BCUT2D eigenvalue weighted by atomic mass is 10.0. The first-order valence-corrected chi connectivity index (χ1v) is 9.11. The molecule has 0 aromatic heterocycles. The summed E-state index contributed by atoms with van der Waals surface area (Å²) in [5.41, 5.74) is 4.02. The van der Waals surface area contributed by atoms with E-state index in [1.807, 2.05) is 77.7 Å². The Morgan fingerprint density at radius 2 is 1.78 bits per heavy atom. The quantitative estimate of drug-likeness (QED) is 0.733. The fraction of sp³-hybridized carbons (Fsp3) is 0.174. The Bertz CT molecular complexity index is 940. The summed E-state index contributed by atoms with van der Waals surface area (Å²) in [4.78, 5) is 15.4. The number of nitrogens with one attached hydrogen (secondary N) is 1. The Morgan fingerprint density at radius 1 is 1.00 bits per heavy atom. The second-order valence-electron chi connectivity index (χ2n) is 6.59. The van der Waals surface area contributed by atoms with Crippen LogP contribution < -0.4 is 15.0 Å². The average Bonchev–Trinajstić information content (AvgIpc) is 3.16. The minimum Gasteiger partial charge on any atom is -0.497 e. The molecule has 136 valence electrons. The predicted octanol–water partition coefficient (Wildman–Crippen LogP) is 4.44. The zero-order valence-electron chi connectivity index (χ0n) is 15.3. The van der Waals surface area contributed by atoms with Gasteiger partial charge in [-0.2, -0.15) is 0 Å². The van der Waals surface area contributed by atoms with E-state index in [1.165, 1.54) is 5.56 Å². The molecule has 1 aliphatic heterocycles. The lowest BCUT2D eigenvalue weighted by molar-refractivity contribution is -0.119. The SMILES string of the molecule is COc1cccc(NC(C(=O)N2CCc3ccccc32)c2ccccc2)c1. The highest BCUT2D eigenvalue weighted by atomic mass is 16.5. The lowest BCUT2D eigenvalue weighted by Gasteiger charge is -2.26. The second-order valence-corrected chi connectivity index (χ2v) is 6.59. The van der Waals surface area contributed by atoms with Gasteiger partial charge in [-0.3, -0.25) is 4.79 Å². The van der Waals surface area contributed by atoms with E-state index in [0.29, 0.717) is 6.54 Å². The van der Waals surface area contributed by atoms with E-state index in [9.17, 15) is 4.79 Å². The van der Waals surface area contributed by atoms with Gasteiger partial charge in [0, 0.05) is 24.0 Å². The maximum Gasteiger partial charge on any atom is 0.254 e. The van der Waals surface area contributed by atoms with Crippen LogP contribution in [0.5, 0.6) is 5.75 Å². The number of para-hydroxylation sites is 1. The molecule has 1 heterocycles. The zero-order valence-corrected chi connectivity index (χ0v) is 15.3. The summed E-state index contributed by atoms with van der Waals surface area (Å²) in [7, 11) is 1.64. The first-order chi connectivity index (χ1) is 13.3. The number of rotatable bonds is 5. The number of methoxy groups -OCH3 is 1. The van der Waals surface area contributed by atoms with Crippen LogP contribution in [0.25, 0.3) is 0 Å². The van der Waals surface area contributed by atoms with Crippen molar-refractivity contribution in [1.82, 2.24) is 0 Å². The fourth-order valence-corrected chi connectivity index (χ4v) is 3.54. The number of fused-ring (bicyclic) bond motifs is 1. The van der Waals surface area contributed by atoms with Gasteiger partial charge in [0.1, 0.15) is 11.8 Å². The van der Waals surface area contributed by atoms with E-state index in [2.05, 4.69) is 11.4 Å². The lowest BCUT2D eigenvalue weighted by Crippen LogP contribution is -2.37. The normalized spacial score (nSPS) is 13.7. The van der Waals surface area contributed by atoms with Crippen LogP contribution in [0.4, 0.5) is 11.4 Å². The van der Waals surface area contributed by atoms with Crippen molar-refractivity contribution in [3.8, 4) is 5.75 Å². The maximum atomic E-state index is 13.5. The van der Waals surface area contributed by atoms with E-state index in [-0.39, 0.29) is 5.91 Å². The van der Waals surface area contributed by atoms with Gasteiger partial charge in [0.15, 0.2) is 0 Å². The van der Waals surface area contributed by atoms with Gasteiger partial charge in [-0.15, -0.1) is 0 Å². The molecule has 27 heavy (non-hydrogen) atoms. The summed E-state index contributed by atoms with van der Waals surface area (Å²) >= 11 is 0. The van der Waals surface area contributed by atoms with Crippen LogP contribution in [-0.2, 0) is 11.2 Å². The molecule has 0 radical (unpaired) electrons. The largest absolute Gasteiger partial charge is 0.497 e. The third kappa shape index (κ3) is 3.51. The summed E-state index contributed by atoms with van der Waals surface area (Å²) in [6.07, 6.45) is 0.891. The van der Waals surface area contributed by atoms with Crippen molar-refractivity contribution < 1.29 is 9.53 Å². The number of ether oxygens (including phenoxy) is 1. The molecule has 3 aromatic rings. The number of nitrogens with zero attached hydrogens (tertiary/aromatic N) is 1. The standard InChI is InChI=1S/C23H22N2O2/c1-27-20-12-7-11-19(16-20)24-22(18-9-3-2-4-10-18)23(26)25-15-14-17-8-5-6-13-21(17)25/h2-13,16,22,24H,14-15H2,1H3. The van der Waals surface area contributed by atoms with Crippen LogP contribution in [0.1, 0.15) is 17.2 Å². The number of hydrogen-bond acceptors (Lipinski definition) is 3. The summed E-state index contributed by atoms with van der Waals surface area (Å²) in [5, 5.41) is 3.41. The van der Waals surface area contributed by atoms with Crippen molar-refractivity contribution in [1.29, 1.82) is 0 Å². The molecule has 1 atom stereocenters. The smallest absolute Gasteiger partial charge is 0.254 e. The van der Waals surface area contributed by atoms with Crippen LogP contribution in [0.15, 0.2) is 78.9 Å². The highest BCUT2D eigenvalue weighted by Crippen LogP contribution is 2.32. The molecule has 1 aliphatic rings. The molecular weight excluding hydrogens is 336 g/mol. The van der Waals surface area contributed by atoms with Crippen LogP contribution in [0.2, 0.25) is 0 Å². The minimum absolute atomic E-state index is 0.0500. The molecule has 0 saturated carbocycles. The molecule has 4 heteroatoms. The highest BCUT2D eigenvalue weighted by Gasteiger charge is 2.31. The first-order valence-electron chi connectivity index (χ1n) is 9.11. The zero-order chi connectivity index (χ0) is 18.6. The van der Waals surface area contributed by atoms with Gasteiger partial charge >= 0.3 is 0 Å². The Kier molecular flexibility index (Phi) is 4.79. The molecule has 4 rings (SSSR count). The Hall–Kier alpha value is -3.27. The van der Waals surface area contributed by atoms with Gasteiger partial charge in [0.05, 0.1) is 7.11 Å². The Morgan fingerprint density at radius 3 is 2.59 bits per heavy atom. The molecule has 1 N–H and O–H groups in total. The number of hydrogen-bond donors (Lipinski definition) is 1. The van der Waals surface area contributed by atoms with E-state index >= 15 is 0 Å². The van der Waals surface area contributed by atoms with Crippen LogP contribution >= 0.6 is 0 Å². The minimum atomic E-state index is -0.468. The molecule has 0 aliphatic carbocycles. The number of carbonyl (C=O) groups excluding carboxylic acids is 1. The van der Waals surface area contributed by atoms with Gasteiger partial charge in [-0.1, -0.05) is 54.6 Å². The summed E-state index contributed by atoms with van der Waals surface area (Å²) in [5.74, 6) is 0.805. The van der Waals surface area contributed by atoms with Crippen LogP contribution in [-0.4, -0.2) is 19.6 Å². The topological polar surface area (TPSA) is 41.6 Å².